The number of rotatable bonds is 5. The van der Waals surface area contributed by atoms with Crippen LogP contribution in [-0.2, 0) is 4.79 Å². The van der Waals surface area contributed by atoms with Gasteiger partial charge in [0, 0.05) is 34.6 Å². The van der Waals surface area contributed by atoms with Gasteiger partial charge in [0.2, 0.25) is 5.91 Å². The molecule has 0 radical (unpaired) electrons. The first-order valence-corrected chi connectivity index (χ1v) is 10.2. The SMILES string of the molecule is CCCC(C)C(=O)N1CCCC1c1[nH]c2ccccc2c1-c1ccccc1. The number of nitrogens with zero attached hydrogens (tertiary/aromatic N) is 1. The van der Waals surface area contributed by atoms with Crippen molar-refractivity contribution >= 4 is 16.8 Å². The summed E-state index contributed by atoms with van der Waals surface area (Å²) in [5, 5.41) is 1.24. The largest absolute Gasteiger partial charge is 0.356 e. The molecule has 1 saturated heterocycles. The van der Waals surface area contributed by atoms with E-state index in [4.69, 9.17) is 0 Å². The lowest BCUT2D eigenvalue weighted by Gasteiger charge is -2.28. The highest BCUT2D eigenvalue weighted by Gasteiger charge is 2.34. The van der Waals surface area contributed by atoms with Gasteiger partial charge in [0.15, 0.2) is 0 Å². The van der Waals surface area contributed by atoms with Gasteiger partial charge in [0.25, 0.3) is 0 Å². The molecule has 27 heavy (non-hydrogen) atoms. The number of hydrogen-bond acceptors (Lipinski definition) is 1. The summed E-state index contributed by atoms with van der Waals surface area (Å²) >= 11 is 0. The summed E-state index contributed by atoms with van der Waals surface area (Å²) in [6, 6.07) is 19.2. The summed E-state index contributed by atoms with van der Waals surface area (Å²) < 4.78 is 0. The van der Waals surface area contributed by atoms with Crippen molar-refractivity contribution in [2.75, 3.05) is 6.54 Å². The van der Waals surface area contributed by atoms with Crippen LogP contribution in [0.5, 0.6) is 0 Å². The number of likely N-dealkylation sites (tertiary alicyclic amines) is 1. The first kappa shape index (κ1) is 17.8. The van der Waals surface area contributed by atoms with Gasteiger partial charge in [-0.1, -0.05) is 68.8 Å². The molecule has 1 aromatic heterocycles. The number of nitrogens with one attached hydrogen (secondary N) is 1. The van der Waals surface area contributed by atoms with Crippen LogP contribution >= 0.6 is 0 Å². The molecule has 3 aromatic rings. The molecule has 0 bridgehead atoms. The number of amides is 1. The van der Waals surface area contributed by atoms with Gasteiger partial charge < -0.3 is 9.88 Å². The molecule has 1 aliphatic rings. The van der Waals surface area contributed by atoms with Crippen LogP contribution in [0.25, 0.3) is 22.0 Å². The van der Waals surface area contributed by atoms with E-state index in [1.165, 1.54) is 22.2 Å². The van der Waals surface area contributed by atoms with E-state index in [-0.39, 0.29) is 12.0 Å². The zero-order valence-electron chi connectivity index (χ0n) is 16.2. The third-order valence-corrected chi connectivity index (χ3v) is 5.81. The van der Waals surface area contributed by atoms with Gasteiger partial charge in [-0.3, -0.25) is 4.79 Å². The Morgan fingerprint density at radius 1 is 1.15 bits per heavy atom. The van der Waals surface area contributed by atoms with Crippen molar-refractivity contribution < 1.29 is 4.79 Å². The number of para-hydroxylation sites is 1. The van der Waals surface area contributed by atoms with E-state index in [1.807, 2.05) is 0 Å². The van der Waals surface area contributed by atoms with E-state index in [9.17, 15) is 4.79 Å². The van der Waals surface area contributed by atoms with Crippen molar-refractivity contribution in [1.82, 2.24) is 9.88 Å². The fraction of sp³-hybridized carbons (Fsp3) is 0.375. The second-order valence-corrected chi connectivity index (χ2v) is 7.70. The van der Waals surface area contributed by atoms with Crippen LogP contribution in [0.3, 0.4) is 0 Å². The number of hydrogen-bond donors (Lipinski definition) is 1. The number of benzene rings is 2. The zero-order valence-corrected chi connectivity index (χ0v) is 16.2. The molecule has 2 heterocycles. The normalized spacial score (nSPS) is 18.1. The van der Waals surface area contributed by atoms with E-state index in [2.05, 4.69) is 78.3 Å². The molecular weight excluding hydrogens is 332 g/mol. The smallest absolute Gasteiger partial charge is 0.225 e. The maximum absolute atomic E-state index is 13.1. The Bertz CT molecular complexity index is 928. The first-order chi connectivity index (χ1) is 13.2. The van der Waals surface area contributed by atoms with Gasteiger partial charge in [-0.15, -0.1) is 0 Å². The number of aromatic amines is 1. The molecule has 140 valence electrons. The minimum atomic E-state index is 0.0974. The van der Waals surface area contributed by atoms with E-state index >= 15 is 0 Å². The average molecular weight is 361 g/mol. The number of fused-ring (bicyclic) bond motifs is 1. The molecule has 1 fully saturated rings. The Labute approximate surface area is 161 Å². The van der Waals surface area contributed by atoms with E-state index in [1.54, 1.807) is 0 Å². The van der Waals surface area contributed by atoms with Crippen LogP contribution in [0, 0.1) is 5.92 Å². The van der Waals surface area contributed by atoms with Crippen molar-refractivity contribution in [3.63, 3.8) is 0 Å². The van der Waals surface area contributed by atoms with E-state index in [0.717, 1.165) is 37.7 Å². The Kier molecular flexibility index (Phi) is 5.02. The number of aromatic nitrogens is 1. The standard InChI is InChI=1S/C24H28N2O/c1-3-10-17(2)24(27)26-16-9-15-21(26)23-22(18-11-5-4-6-12-18)19-13-7-8-14-20(19)25-23/h4-8,11-14,17,21,25H,3,9-10,15-16H2,1-2H3. The third-order valence-electron chi connectivity index (χ3n) is 5.81. The summed E-state index contributed by atoms with van der Waals surface area (Å²) in [6.07, 6.45) is 4.10. The Balaban J connectivity index is 1.80. The van der Waals surface area contributed by atoms with Gasteiger partial charge in [-0.25, -0.2) is 0 Å². The van der Waals surface area contributed by atoms with Gasteiger partial charge in [-0.05, 0) is 30.9 Å². The lowest BCUT2D eigenvalue weighted by molar-refractivity contribution is -0.136. The minimum Gasteiger partial charge on any atom is -0.356 e. The van der Waals surface area contributed by atoms with Crippen molar-refractivity contribution in [1.29, 1.82) is 0 Å². The fourth-order valence-corrected chi connectivity index (χ4v) is 4.50. The number of carbonyl (C=O) groups excluding carboxylic acids is 1. The topological polar surface area (TPSA) is 36.1 Å². The van der Waals surface area contributed by atoms with Crippen molar-refractivity contribution in [3.05, 3.63) is 60.3 Å². The van der Waals surface area contributed by atoms with Crippen LogP contribution in [0.2, 0.25) is 0 Å². The molecule has 0 aliphatic carbocycles. The van der Waals surface area contributed by atoms with Gasteiger partial charge >= 0.3 is 0 Å². The molecule has 3 nitrogen and oxygen atoms in total. The molecule has 1 N–H and O–H groups in total. The molecular formula is C24H28N2O. The lowest BCUT2D eigenvalue weighted by Crippen LogP contribution is -2.35. The van der Waals surface area contributed by atoms with Crippen LogP contribution in [0.4, 0.5) is 0 Å². The van der Waals surface area contributed by atoms with Gasteiger partial charge in [0.05, 0.1) is 6.04 Å². The molecule has 1 aliphatic heterocycles. The molecule has 1 amide bonds. The maximum Gasteiger partial charge on any atom is 0.225 e. The lowest BCUT2D eigenvalue weighted by atomic mass is 9.97. The molecule has 3 heteroatoms. The molecule has 2 atom stereocenters. The molecule has 0 spiro atoms. The predicted molar refractivity (Wildman–Crippen MR) is 111 cm³/mol. The van der Waals surface area contributed by atoms with Crippen LogP contribution < -0.4 is 0 Å². The highest BCUT2D eigenvalue weighted by atomic mass is 16.2. The summed E-state index contributed by atoms with van der Waals surface area (Å²) in [5.74, 6) is 0.400. The van der Waals surface area contributed by atoms with Crippen LogP contribution in [-0.4, -0.2) is 22.3 Å². The Morgan fingerprint density at radius 2 is 1.89 bits per heavy atom. The molecule has 0 saturated carbocycles. The fourth-order valence-electron chi connectivity index (χ4n) is 4.50. The molecule has 4 rings (SSSR count). The van der Waals surface area contributed by atoms with E-state index in [0.29, 0.717) is 5.91 Å². The van der Waals surface area contributed by atoms with Crippen LogP contribution in [0.15, 0.2) is 54.6 Å². The first-order valence-electron chi connectivity index (χ1n) is 10.2. The molecule has 2 aromatic carbocycles. The summed E-state index contributed by atoms with van der Waals surface area (Å²) in [6.45, 7) is 5.09. The van der Waals surface area contributed by atoms with Crippen molar-refractivity contribution in [2.24, 2.45) is 5.92 Å². The predicted octanol–water partition coefficient (Wildman–Crippen LogP) is 5.93. The monoisotopic (exact) mass is 360 g/mol. The average Bonchev–Trinajstić information content (AvgIpc) is 3.32. The Hall–Kier alpha value is -2.55. The van der Waals surface area contributed by atoms with E-state index < -0.39 is 0 Å². The number of carbonyl (C=O) groups is 1. The Morgan fingerprint density at radius 3 is 2.67 bits per heavy atom. The number of H-pyrrole nitrogens is 1. The third kappa shape index (κ3) is 3.27. The minimum absolute atomic E-state index is 0.0974. The second-order valence-electron chi connectivity index (χ2n) is 7.70. The summed E-state index contributed by atoms with van der Waals surface area (Å²) in [4.78, 5) is 18.9. The van der Waals surface area contributed by atoms with Gasteiger partial charge in [0.1, 0.15) is 0 Å². The maximum atomic E-state index is 13.1. The zero-order chi connectivity index (χ0) is 18.8. The second kappa shape index (κ2) is 7.59. The highest BCUT2D eigenvalue weighted by Crippen LogP contribution is 2.41. The molecule has 2 unspecified atom stereocenters. The highest BCUT2D eigenvalue weighted by molar-refractivity contribution is 5.98. The van der Waals surface area contributed by atoms with Crippen molar-refractivity contribution in [2.45, 2.75) is 45.6 Å². The summed E-state index contributed by atoms with van der Waals surface area (Å²) in [5.41, 5.74) is 4.80. The van der Waals surface area contributed by atoms with Crippen LogP contribution in [0.1, 0.15) is 51.3 Å². The van der Waals surface area contributed by atoms with Crippen molar-refractivity contribution in [3.8, 4) is 11.1 Å². The quantitative estimate of drug-likeness (QED) is 0.601. The van der Waals surface area contributed by atoms with Gasteiger partial charge in [-0.2, -0.15) is 0 Å². The summed E-state index contributed by atoms with van der Waals surface area (Å²) in [7, 11) is 0.